The van der Waals surface area contributed by atoms with Crippen LogP contribution in [0.15, 0.2) is 106 Å². The third kappa shape index (κ3) is 6.52. The Bertz CT molecular complexity index is 1820. The third-order valence-electron chi connectivity index (χ3n) is 7.99. The van der Waals surface area contributed by atoms with Crippen molar-refractivity contribution in [3.05, 3.63) is 130 Å². The van der Waals surface area contributed by atoms with Crippen molar-refractivity contribution in [1.29, 1.82) is 0 Å². The molecule has 43 heavy (non-hydrogen) atoms. The van der Waals surface area contributed by atoms with Crippen LogP contribution < -0.4 is 5.43 Å². The Hall–Kier alpha value is -4.75. The number of fused-ring (bicyclic) bond motifs is 2. The van der Waals surface area contributed by atoms with Gasteiger partial charge in [0.2, 0.25) is 5.91 Å². The molecule has 1 unspecified atom stereocenters. The van der Waals surface area contributed by atoms with Crippen LogP contribution >= 0.6 is 0 Å². The summed E-state index contributed by atoms with van der Waals surface area (Å²) in [7, 11) is 0. The van der Waals surface area contributed by atoms with Crippen LogP contribution in [-0.4, -0.2) is 47.4 Å². The Morgan fingerprint density at radius 1 is 0.860 bits per heavy atom. The first-order valence-corrected chi connectivity index (χ1v) is 14.7. The fraction of sp³-hybridized carbons (Fsp3) is 0.250. The van der Waals surface area contributed by atoms with E-state index in [0.29, 0.717) is 35.2 Å². The van der Waals surface area contributed by atoms with E-state index in [9.17, 15) is 14.4 Å². The van der Waals surface area contributed by atoms with Crippen LogP contribution in [0, 0.1) is 6.92 Å². The van der Waals surface area contributed by atoms with Gasteiger partial charge < -0.3 is 19.0 Å². The molecule has 1 aliphatic rings. The summed E-state index contributed by atoms with van der Waals surface area (Å²) in [6.45, 7) is 3.07. The second-order valence-corrected chi connectivity index (χ2v) is 11.2. The normalized spacial score (nSPS) is 14.7. The molecule has 1 aliphatic heterocycles. The van der Waals surface area contributed by atoms with Crippen molar-refractivity contribution in [1.82, 2.24) is 9.80 Å². The maximum atomic E-state index is 14.1. The summed E-state index contributed by atoms with van der Waals surface area (Å²) >= 11 is 0. The Labute approximate surface area is 250 Å². The molecule has 4 aromatic carbocycles. The fourth-order valence-electron chi connectivity index (χ4n) is 5.66. The summed E-state index contributed by atoms with van der Waals surface area (Å²) in [5.41, 5.74) is 3.11. The molecule has 7 nitrogen and oxygen atoms in total. The molecular formula is C36H34N2O5. The minimum atomic E-state index is -0.264. The van der Waals surface area contributed by atoms with E-state index in [4.69, 9.17) is 9.15 Å². The number of hydrogen-bond acceptors (Lipinski definition) is 5. The highest BCUT2D eigenvalue weighted by atomic mass is 16.5. The summed E-state index contributed by atoms with van der Waals surface area (Å²) < 4.78 is 11.7. The van der Waals surface area contributed by atoms with Crippen molar-refractivity contribution >= 4 is 33.6 Å². The highest BCUT2D eigenvalue weighted by Gasteiger charge is 2.28. The maximum absolute atomic E-state index is 14.1. The zero-order valence-electron chi connectivity index (χ0n) is 24.2. The lowest BCUT2D eigenvalue weighted by molar-refractivity contribution is -0.133. The molecule has 0 aliphatic carbocycles. The lowest BCUT2D eigenvalue weighted by Crippen LogP contribution is -2.45. The molecule has 1 atom stereocenters. The lowest BCUT2D eigenvalue weighted by atomic mass is 10.1. The van der Waals surface area contributed by atoms with Crippen LogP contribution in [-0.2, 0) is 22.6 Å². The van der Waals surface area contributed by atoms with Crippen LogP contribution in [0.1, 0.15) is 39.9 Å². The number of aryl methyl sites for hydroxylation is 1. The predicted molar refractivity (Wildman–Crippen MR) is 167 cm³/mol. The van der Waals surface area contributed by atoms with Crippen LogP contribution in [0.2, 0.25) is 0 Å². The molecule has 2 amide bonds. The molecule has 6 rings (SSSR count). The van der Waals surface area contributed by atoms with Gasteiger partial charge in [0.25, 0.3) is 5.91 Å². The van der Waals surface area contributed by atoms with E-state index in [0.717, 1.165) is 34.7 Å². The van der Waals surface area contributed by atoms with E-state index in [1.54, 1.807) is 21.9 Å². The molecule has 0 saturated carbocycles. The number of nitrogens with zero attached hydrogens (tertiary/aromatic N) is 2. The number of benzene rings is 4. The van der Waals surface area contributed by atoms with E-state index < -0.39 is 0 Å². The first kappa shape index (κ1) is 28.4. The Morgan fingerprint density at radius 2 is 1.65 bits per heavy atom. The number of rotatable bonds is 9. The van der Waals surface area contributed by atoms with Gasteiger partial charge in [0, 0.05) is 25.3 Å². The van der Waals surface area contributed by atoms with Crippen molar-refractivity contribution in [2.75, 3.05) is 19.7 Å². The first-order chi connectivity index (χ1) is 20.9. The monoisotopic (exact) mass is 574 g/mol. The number of carbonyl (C=O) groups excluding carboxylic acids is 2. The Morgan fingerprint density at radius 3 is 2.44 bits per heavy atom. The average molecular weight is 575 g/mol. The highest BCUT2D eigenvalue weighted by molar-refractivity contribution is 6.00. The SMILES string of the molecule is Cc1ccc2occ(CN(Cc3ccccc3)C(=O)CN(CC3CCCO3)C(=O)c3ccc4ccccc4c3)c(=O)c2c1. The number of ether oxygens (including phenoxy) is 1. The number of carbonyl (C=O) groups is 2. The Kier molecular flexibility index (Phi) is 8.34. The molecule has 0 radical (unpaired) electrons. The summed E-state index contributed by atoms with van der Waals surface area (Å²) in [6, 6.07) is 28.6. The van der Waals surface area contributed by atoms with Gasteiger partial charge in [-0.15, -0.1) is 0 Å². The minimum Gasteiger partial charge on any atom is -0.464 e. The largest absolute Gasteiger partial charge is 0.464 e. The second kappa shape index (κ2) is 12.6. The van der Waals surface area contributed by atoms with Gasteiger partial charge in [-0.3, -0.25) is 14.4 Å². The van der Waals surface area contributed by atoms with Crippen molar-refractivity contribution in [2.45, 2.75) is 39.0 Å². The number of hydrogen-bond donors (Lipinski definition) is 0. The molecule has 0 N–H and O–H groups in total. The number of amides is 2. The topological polar surface area (TPSA) is 80.1 Å². The summed E-state index contributed by atoms with van der Waals surface area (Å²) in [6.07, 6.45) is 3.07. The predicted octanol–water partition coefficient (Wildman–Crippen LogP) is 6.10. The van der Waals surface area contributed by atoms with Gasteiger partial charge in [0.15, 0.2) is 5.43 Å². The van der Waals surface area contributed by atoms with E-state index >= 15 is 0 Å². The van der Waals surface area contributed by atoms with Crippen LogP contribution in [0.25, 0.3) is 21.7 Å². The fourth-order valence-corrected chi connectivity index (χ4v) is 5.66. The lowest BCUT2D eigenvalue weighted by Gasteiger charge is -2.29. The molecule has 1 fully saturated rings. The molecular weight excluding hydrogens is 540 g/mol. The standard InChI is InChI=1S/C36H34N2O5/c1-25-13-16-33-32(18-25)35(40)30(24-43-33)21-37(20-26-8-3-2-4-9-26)34(39)23-38(22-31-12-7-17-42-31)36(41)29-15-14-27-10-5-6-11-28(27)19-29/h2-6,8-11,13-16,18-19,24,31H,7,12,17,20-23H2,1H3. The average Bonchev–Trinajstić information content (AvgIpc) is 3.55. The van der Waals surface area contributed by atoms with Crippen molar-refractivity contribution in [2.24, 2.45) is 0 Å². The van der Waals surface area contributed by atoms with Gasteiger partial charge in [-0.25, -0.2) is 0 Å². The zero-order valence-corrected chi connectivity index (χ0v) is 24.2. The van der Waals surface area contributed by atoms with Gasteiger partial charge in [-0.05, 0) is 60.4 Å². The molecule has 0 bridgehead atoms. The first-order valence-electron chi connectivity index (χ1n) is 14.7. The van der Waals surface area contributed by atoms with Gasteiger partial charge in [0.1, 0.15) is 12.1 Å². The van der Waals surface area contributed by atoms with Crippen molar-refractivity contribution in [3.8, 4) is 0 Å². The second-order valence-electron chi connectivity index (χ2n) is 11.2. The smallest absolute Gasteiger partial charge is 0.254 e. The Balaban J connectivity index is 1.30. The van der Waals surface area contributed by atoms with Gasteiger partial charge >= 0.3 is 0 Å². The highest BCUT2D eigenvalue weighted by Crippen LogP contribution is 2.21. The molecule has 1 aromatic heterocycles. The molecule has 7 heteroatoms. The molecule has 0 spiro atoms. The summed E-state index contributed by atoms with van der Waals surface area (Å²) in [5, 5.41) is 2.48. The molecule has 2 heterocycles. The summed E-state index contributed by atoms with van der Waals surface area (Å²) in [5.74, 6) is -0.491. The molecule has 5 aromatic rings. The quantitative estimate of drug-likeness (QED) is 0.212. The third-order valence-corrected chi connectivity index (χ3v) is 7.99. The van der Waals surface area contributed by atoms with E-state index in [1.165, 1.54) is 6.26 Å². The minimum absolute atomic E-state index is 0.0534. The van der Waals surface area contributed by atoms with Crippen molar-refractivity contribution < 1.29 is 18.7 Å². The van der Waals surface area contributed by atoms with E-state index in [-0.39, 0.29) is 43.0 Å². The van der Waals surface area contributed by atoms with Crippen LogP contribution in [0.5, 0.6) is 0 Å². The van der Waals surface area contributed by atoms with Crippen molar-refractivity contribution in [3.63, 3.8) is 0 Å². The maximum Gasteiger partial charge on any atom is 0.254 e. The van der Waals surface area contributed by atoms with Crippen LogP contribution in [0.3, 0.4) is 0 Å². The van der Waals surface area contributed by atoms with Gasteiger partial charge in [-0.2, -0.15) is 0 Å². The summed E-state index contributed by atoms with van der Waals surface area (Å²) in [4.78, 5) is 44.7. The van der Waals surface area contributed by atoms with E-state index in [1.807, 2.05) is 85.8 Å². The molecule has 218 valence electrons. The van der Waals surface area contributed by atoms with Gasteiger partial charge in [0.05, 0.1) is 29.9 Å². The zero-order chi connectivity index (χ0) is 29.8. The van der Waals surface area contributed by atoms with Gasteiger partial charge in [-0.1, -0.05) is 72.3 Å². The molecule has 1 saturated heterocycles. The van der Waals surface area contributed by atoms with E-state index in [2.05, 4.69) is 0 Å². The van der Waals surface area contributed by atoms with Crippen LogP contribution in [0.4, 0.5) is 0 Å².